The predicted molar refractivity (Wildman–Crippen MR) is 62.6 cm³/mol. The van der Waals surface area contributed by atoms with E-state index in [0.29, 0.717) is 0 Å². The number of fused-ring (bicyclic) bond motifs is 3. The van der Waals surface area contributed by atoms with Crippen molar-refractivity contribution in [1.29, 1.82) is 0 Å². The molecular formula is C12H12BrN. The van der Waals surface area contributed by atoms with Crippen LogP contribution in [0.5, 0.6) is 0 Å². The minimum absolute atomic E-state index is 1.19. The van der Waals surface area contributed by atoms with Gasteiger partial charge < -0.3 is 4.57 Å². The summed E-state index contributed by atoms with van der Waals surface area (Å²) in [6, 6.07) is 6.58. The molecule has 0 saturated heterocycles. The zero-order chi connectivity index (χ0) is 9.71. The Hall–Kier alpha value is -0.760. The number of halogens is 1. The highest BCUT2D eigenvalue weighted by molar-refractivity contribution is 9.10. The Bertz CT molecular complexity index is 511. The lowest BCUT2D eigenvalue weighted by molar-refractivity contribution is 0.831. The van der Waals surface area contributed by atoms with Crippen LogP contribution in [-0.4, -0.2) is 4.57 Å². The maximum Gasteiger partial charge on any atom is 0.0483 e. The van der Waals surface area contributed by atoms with Gasteiger partial charge in [-0.25, -0.2) is 0 Å². The van der Waals surface area contributed by atoms with Gasteiger partial charge in [0.2, 0.25) is 0 Å². The van der Waals surface area contributed by atoms with Crippen LogP contribution in [0.15, 0.2) is 22.7 Å². The van der Waals surface area contributed by atoms with E-state index in [1.165, 1.54) is 40.3 Å². The minimum atomic E-state index is 1.19. The van der Waals surface area contributed by atoms with Crippen LogP contribution in [0.3, 0.4) is 0 Å². The molecule has 0 amide bonds. The van der Waals surface area contributed by atoms with E-state index in [-0.39, 0.29) is 0 Å². The third-order valence-electron chi connectivity index (χ3n) is 3.24. The lowest BCUT2D eigenvalue weighted by Gasteiger charge is -2.00. The van der Waals surface area contributed by atoms with Gasteiger partial charge in [-0.2, -0.15) is 0 Å². The van der Waals surface area contributed by atoms with E-state index >= 15 is 0 Å². The van der Waals surface area contributed by atoms with E-state index in [1.807, 2.05) is 0 Å². The van der Waals surface area contributed by atoms with E-state index in [1.54, 1.807) is 5.56 Å². The summed E-state index contributed by atoms with van der Waals surface area (Å²) in [6.45, 7) is 0. The van der Waals surface area contributed by atoms with Crippen molar-refractivity contribution >= 4 is 26.8 Å². The number of aromatic nitrogens is 1. The molecule has 3 rings (SSSR count). The van der Waals surface area contributed by atoms with Crippen LogP contribution < -0.4 is 0 Å². The SMILES string of the molecule is Cn1c2c(c3cc(Br)ccc31)CCC2. The van der Waals surface area contributed by atoms with Crippen LogP contribution in [0.2, 0.25) is 0 Å². The summed E-state index contributed by atoms with van der Waals surface area (Å²) < 4.78 is 3.54. The molecule has 0 bridgehead atoms. The third kappa shape index (κ3) is 1.01. The van der Waals surface area contributed by atoms with Gasteiger partial charge in [0.1, 0.15) is 0 Å². The highest BCUT2D eigenvalue weighted by Crippen LogP contribution is 2.33. The zero-order valence-corrected chi connectivity index (χ0v) is 9.76. The molecule has 0 N–H and O–H groups in total. The quantitative estimate of drug-likeness (QED) is 0.675. The van der Waals surface area contributed by atoms with Gasteiger partial charge in [-0.1, -0.05) is 15.9 Å². The van der Waals surface area contributed by atoms with Gasteiger partial charge in [0, 0.05) is 28.1 Å². The van der Waals surface area contributed by atoms with Crippen molar-refractivity contribution in [3.05, 3.63) is 33.9 Å². The van der Waals surface area contributed by atoms with Gasteiger partial charge in [0.15, 0.2) is 0 Å². The van der Waals surface area contributed by atoms with Crippen LogP contribution in [0.25, 0.3) is 10.9 Å². The number of hydrogen-bond acceptors (Lipinski definition) is 0. The summed E-state index contributed by atoms with van der Waals surface area (Å²) in [4.78, 5) is 0. The summed E-state index contributed by atoms with van der Waals surface area (Å²) in [5.74, 6) is 0. The lowest BCUT2D eigenvalue weighted by Crippen LogP contribution is -1.92. The van der Waals surface area contributed by atoms with Gasteiger partial charge in [-0.05, 0) is 43.0 Å². The topological polar surface area (TPSA) is 4.93 Å². The van der Waals surface area contributed by atoms with E-state index in [4.69, 9.17) is 0 Å². The summed E-state index contributed by atoms with van der Waals surface area (Å²) in [5, 5.41) is 1.44. The molecule has 1 nitrogen and oxygen atoms in total. The van der Waals surface area contributed by atoms with E-state index < -0.39 is 0 Å². The molecule has 1 aliphatic rings. The predicted octanol–water partition coefficient (Wildman–Crippen LogP) is 3.43. The number of hydrogen-bond donors (Lipinski definition) is 0. The number of benzene rings is 1. The Morgan fingerprint density at radius 3 is 3.00 bits per heavy atom. The Morgan fingerprint density at radius 2 is 2.14 bits per heavy atom. The first-order chi connectivity index (χ1) is 6.77. The summed E-state index contributed by atoms with van der Waals surface area (Å²) >= 11 is 3.54. The Morgan fingerprint density at radius 1 is 1.29 bits per heavy atom. The average molecular weight is 250 g/mol. The normalized spacial score (nSPS) is 15.0. The average Bonchev–Trinajstić information content (AvgIpc) is 2.71. The maximum absolute atomic E-state index is 3.54. The standard InChI is InChI=1S/C12H12BrN/c1-14-11-4-2-3-9(11)10-7-8(13)5-6-12(10)14/h5-7H,2-4H2,1H3. The Balaban J connectivity index is 2.45. The highest BCUT2D eigenvalue weighted by atomic mass is 79.9. The Labute approximate surface area is 91.9 Å². The molecule has 0 aliphatic heterocycles. The number of aryl methyl sites for hydroxylation is 2. The van der Waals surface area contributed by atoms with Crippen molar-refractivity contribution in [2.45, 2.75) is 19.3 Å². The van der Waals surface area contributed by atoms with Crippen molar-refractivity contribution in [2.24, 2.45) is 7.05 Å². The second-order valence-electron chi connectivity index (χ2n) is 4.00. The first-order valence-electron chi connectivity index (χ1n) is 5.03. The zero-order valence-electron chi connectivity index (χ0n) is 8.18. The summed E-state index contributed by atoms with van der Waals surface area (Å²) in [5.41, 5.74) is 4.49. The van der Waals surface area contributed by atoms with Gasteiger partial charge in [-0.3, -0.25) is 0 Å². The van der Waals surface area contributed by atoms with Crippen molar-refractivity contribution in [2.75, 3.05) is 0 Å². The maximum atomic E-state index is 3.54. The molecule has 1 aliphatic carbocycles. The molecule has 0 saturated carbocycles. The van der Waals surface area contributed by atoms with Crippen LogP contribution in [0, 0.1) is 0 Å². The molecule has 14 heavy (non-hydrogen) atoms. The van der Waals surface area contributed by atoms with E-state index in [0.717, 1.165) is 0 Å². The van der Waals surface area contributed by atoms with Crippen LogP contribution in [0.4, 0.5) is 0 Å². The monoisotopic (exact) mass is 249 g/mol. The minimum Gasteiger partial charge on any atom is -0.347 e. The van der Waals surface area contributed by atoms with Crippen molar-refractivity contribution in [3.63, 3.8) is 0 Å². The van der Waals surface area contributed by atoms with Crippen LogP contribution >= 0.6 is 15.9 Å². The molecule has 0 atom stereocenters. The van der Waals surface area contributed by atoms with Gasteiger partial charge >= 0.3 is 0 Å². The molecule has 0 spiro atoms. The molecule has 0 fully saturated rings. The fourth-order valence-electron chi connectivity index (χ4n) is 2.58. The molecule has 1 aromatic carbocycles. The van der Waals surface area contributed by atoms with Crippen molar-refractivity contribution in [3.8, 4) is 0 Å². The summed E-state index contributed by atoms with van der Waals surface area (Å²) in [6.07, 6.45) is 3.82. The van der Waals surface area contributed by atoms with Crippen LogP contribution in [-0.2, 0) is 19.9 Å². The first kappa shape index (κ1) is 8.54. The molecule has 0 radical (unpaired) electrons. The fourth-order valence-corrected chi connectivity index (χ4v) is 2.94. The van der Waals surface area contributed by atoms with Crippen molar-refractivity contribution < 1.29 is 0 Å². The third-order valence-corrected chi connectivity index (χ3v) is 3.73. The smallest absolute Gasteiger partial charge is 0.0483 e. The van der Waals surface area contributed by atoms with E-state index in [9.17, 15) is 0 Å². The van der Waals surface area contributed by atoms with Crippen LogP contribution in [0.1, 0.15) is 17.7 Å². The second-order valence-corrected chi connectivity index (χ2v) is 4.91. The first-order valence-corrected chi connectivity index (χ1v) is 5.82. The molecule has 0 unspecified atom stereocenters. The summed E-state index contributed by atoms with van der Waals surface area (Å²) in [7, 11) is 2.18. The van der Waals surface area contributed by atoms with Crippen molar-refractivity contribution in [1.82, 2.24) is 4.57 Å². The lowest BCUT2D eigenvalue weighted by atomic mass is 10.1. The van der Waals surface area contributed by atoms with E-state index in [2.05, 4.69) is 45.7 Å². The fraction of sp³-hybridized carbons (Fsp3) is 0.333. The van der Waals surface area contributed by atoms with Gasteiger partial charge in [0.25, 0.3) is 0 Å². The second kappa shape index (κ2) is 2.86. The number of rotatable bonds is 0. The molecule has 2 aromatic rings. The van der Waals surface area contributed by atoms with Gasteiger partial charge in [0.05, 0.1) is 0 Å². The number of nitrogens with zero attached hydrogens (tertiary/aromatic N) is 1. The largest absolute Gasteiger partial charge is 0.347 e. The molecule has 1 aromatic heterocycles. The molecular weight excluding hydrogens is 238 g/mol. The molecule has 1 heterocycles. The Kier molecular flexibility index (Phi) is 1.75. The highest BCUT2D eigenvalue weighted by Gasteiger charge is 2.19. The molecule has 2 heteroatoms. The molecule has 72 valence electrons. The van der Waals surface area contributed by atoms with Gasteiger partial charge in [-0.15, -0.1) is 0 Å².